The first-order valence-corrected chi connectivity index (χ1v) is 5.79. The maximum Gasteiger partial charge on any atom is 0.0223 e. The predicted octanol–water partition coefficient (Wildman–Crippen LogP) is 3.60. The molecule has 0 bridgehead atoms. The zero-order valence-corrected chi connectivity index (χ0v) is 10.1. The Bertz CT molecular complexity index is 183. The number of rotatable bonds is 3. The third-order valence-electron chi connectivity index (χ3n) is 1.54. The molecule has 1 rings (SSSR count). The van der Waals surface area contributed by atoms with Crippen molar-refractivity contribution in [2.75, 3.05) is 5.88 Å². The molecule has 13 heavy (non-hydrogen) atoms. The number of hydrogen-bond donors (Lipinski definition) is 0. The van der Waals surface area contributed by atoms with Crippen molar-refractivity contribution >= 4 is 26.1 Å². The van der Waals surface area contributed by atoms with Crippen LogP contribution in [0.25, 0.3) is 0 Å². The van der Waals surface area contributed by atoms with Crippen LogP contribution < -0.4 is 5.30 Å². The summed E-state index contributed by atoms with van der Waals surface area (Å²) in [7, 11) is 2.63. The molecule has 0 saturated carbocycles. The van der Waals surface area contributed by atoms with Crippen LogP contribution in [0.1, 0.15) is 26.2 Å². The maximum atomic E-state index is 5.38. The van der Waals surface area contributed by atoms with Gasteiger partial charge in [-0.3, -0.25) is 0 Å². The fraction of sp³-hybridized carbons (Fsp3) is 0.455. The third kappa shape index (κ3) is 9.86. The summed E-state index contributed by atoms with van der Waals surface area (Å²) < 4.78 is 0. The van der Waals surface area contributed by atoms with Gasteiger partial charge in [0.2, 0.25) is 0 Å². The van der Waals surface area contributed by atoms with E-state index in [-0.39, 0.29) is 0 Å². The lowest BCUT2D eigenvalue weighted by Crippen LogP contribution is -1.82. The first-order chi connectivity index (χ1) is 6.31. The van der Waals surface area contributed by atoms with Gasteiger partial charge in [-0.2, -0.15) is 0 Å². The third-order valence-corrected chi connectivity index (χ3v) is 2.19. The molecule has 0 amide bonds. The van der Waals surface area contributed by atoms with Gasteiger partial charge < -0.3 is 0 Å². The fourth-order valence-electron chi connectivity index (χ4n) is 0.798. The molecule has 1 atom stereocenters. The van der Waals surface area contributed by atoms with Gasteiger partial charge in [0.25, 0.3) is 0 Å². The Morgan fingerprint density at radius 2 is 1.77 bits per heavy atom. The largest absolute Gasteiger partial charge is 0.127 e. The van der Waals surface area contributed by atoms with Crippen LogP contribution in [0.5, 0.6) is 0 Å². The van der Waals surface area contributed by atoms with Gasteiger partial charge >= 0.3 is 0 Å². The Morgan fingerprint density at radius 1 is 1.15 bits per heavy atom. The first kappa shape index (κ1) is 12.9. The zero-order valence-electron chi connectivity index (χ0n) is 8.17. The average Bonchev–Trinajstić information content (AvgIpc) is 2.17. The van der Waals surface area contributed by atoms with Crippen molar-refractivity contribution in [3.8, 4) is 0 Å². The number of unbranched alkanes of at least 4 members (excludes halogenated alkanes) is 2. The molecular formula is C11H18ClP. The fourth-order valence-corrected chi connectivity index (χ4v) is 1.21. The van der Waals surface area contributed by atoms with Crippen molar-refractivity contribution in [1.29, 1.82) is 0 Å². The van der Waals surface area contributed by atoms with E-state index in [0.717, 1.165) is 5.88 Å². The summed E-state index contributed by atoms with van der Waals surface area (Å²) in [6.45, 7) is 2.17. The molecule has 1 aromatic rings. The number of alkyl halides is 1. The molecule has 0 aromatic heterocycles. The number of hydrogen-bond acceptors (Lipinski definition) is 0. The van der Waals surface area contributed by atoms with Gasteiger partial charge in [-0.05, 0) is 11.7 Å². The first-order valence-electron chi connectivity index (χ1n) is 4.67. The molecule has 0 aliphatic heterocycles. The topological polar surface area (TPSA) is 0 Å². The molecule has 0 heterocycles. The summed E-state index contributed by atoms with van der Waals surface area (Å²) in [5.74, 6) is 0.827. The predicted molar refractivity (Wildman–Crippen MR) is 66.0 cm³/mol. The second-order valence-corrected chi connectivity index (χ2v) is 3.85. The van der Waals surface area contributed by atoms with Gasteiger partial charge in [0, 0.05) is 5.88 Å². The molecular weight excluding hydrogens is 199 g/mol. The Balaban J connectivity index is 0.000000226. The van der Waals surface area contributed by atoms with Gasteiger partial charge in [0.05, 0.1) is 0 Å². The minimum atomic E-state index is 0.827. The molecule has 0 nitrogen and oxygen atoms in total. The molecule has 0 saturated heterocycles. The molecule has 1 unspecified atom stereocenters. The Hall–Kier alpha value is -0.0600. The molecule has 0 aliphatic carbocycles. The lowest BCUT2D eigenvalue weighted by Gasteiger charge is -1.84. The van der Waals surface area contributed by atoms with E-state index in [4.69, 9.17) is 11.6 Å². The zero-order chi connectivity index (χ0) is 9.94. The molecule has 2 heteroatoms. The van der Waals surface area contributed by atoms with Gasteiger partial charge in [-0.1, -0.05) is 50.1 Å². The van der Waals surface area contributed by atoms with Crippen molar-refractivity contribution in [1.82, 2.24) is 0 Å². The van der Waals surface area contributed by atoms with Crippen LogP contribution in [0, 0.1) is 0 Å². The van der Waals surface area contributed by atoms with Crippen molar-refractivity contribution in [2.45, 2.75) is 26.2 Å². The summed E-state index contributed by atoms with van der Waals surface area (Å²) in [6.07, 6.45) is 3.73. The van der Waals surface area contributed by atoms with Gasteiger partial charge in [-0.15, -0.1) is 20.8 Å². The van der Waals surface area contributed by atoms with Crippen LogP contribution in [0.15, 0.2) is 30.3 Å². The maximum absolute atomic E-state index is 5.38. The van der Waals surface area contributed by atoms with E-state index in [1.165, 1.54) is 24.6 Å². The van der Waals surface area contributed by atoms with Gasteiger partial charge in [0.15, 0.2) is 0 Å². The Kier molecular flexibility index (Phi) is 9.98. The quantitative estimate of drug-likeness (QED) is 0.412. The number of halogens is 1. The van der Waals surface area contributed by atoms with Crippen molar-refractivity contribution in [2.24, 2.45) is 0 Å². The van der Waals surface area contributed by atoms with Crippen LogP contribution in [-0.2, 0) is 0 Å². The Morgan fingerprint density at radius 3 is 2.00 bits per heavy atom. The summed E-state index contributed by atoms with van der Waals surface area (Å²) in [5.41, 5.74) is 0. The average molecular weight is 217 g/mol. The van der Waals surface area contributed by atoms with E-state index < -0.39 is 0 Å². The van der Waals surface area contributed by atoms with E-state index in [0.29, 0.717) is 0 Å². The SMILES string of the molecule is CCCCCCl.Pc1ccccc1. The van der Waals surface area contributed by atoms with Crippen LogP contribution in [0.4, 0.5) is 0 Å². The minimum Gasteiger partial charge on any atom is -0.127 e. The highest BCUT2D eigenvalue weighted by atomic mass is 35.5. The van der Waals surface area contributed by atoms with Crippen molar-refractivity contribution in [3.05, 3.63) is 30.3 Å². The second-order valence-electron chi connectivity index (χ2n) is 2.81. The minimum absolute atomic E-state index is 0.827. The highest BCUT2D eigenvalue weighted by molar-refractivity contribution is 7.27. The van der Waals surface area contributed by atoms with Crippen LogP contribution in [-0.4, -0.2) is 5.88 Å². The van der Waals surface area contributed by atoms with Gasteiger partial charge in [0.1, 0.15) is 0 Å². The molecule has 0 radical (unpaired) electrons. The highest BCUT2D eigenvalue weighted by Crippen LogP contribution is 1.93. The smallest absolute Gasteiger partial charge is 0.0223 e. The van der Waals surface area contributed by atoms with E-state index in [1.807, 2.05) is 30.3 Å². The van der Waals surface area contributed by atoms with E-state index in [2.05, 4.69) is 16.2 Å². The second kappa shape index (κ2) is 10.0. The molecule has 0 spiro atoms. The standard InChI is InChI=1S/C6H7P.C5H11Cl/c7-6-4-2-1-3-5-6;1-2-3-4-5-6/h1-5H,7H2;2-5H2,1H3. The van der Waals surface area contributed by atoms with Gasteiger partial charge in [-0.25, -0.2) is 0 Å². The van der Waals surface area contributed by atoms with Crippen molar-refractivity contribution in [3.63, 3.8) is 0 Å². The number of benzene rings is 1. The summed E-state index contributed by atoms with van der Waals surface area (Å²) in [5, 5.41) is 1.24. The van der Waals surface area contributed by atoms with Crippen LogP contribution in [0.3, 0.4) is 0 Å². The molecule has 1 aromatic carbocycles. The Labute approximate surface area is 88.9 Å². The van der Waals surface area contributed by atoms with Crippen LogP contribution in [0.2, 0.25) is 0 Å². The summed E-state index contributed by atoms with van der Waals surface area (Å²) >= 11 is 5.38. The highest BCUT2D eigenvalue weighted by Gasteiger charge is 1.76. The van der Waals surface area contributed by atoms with Crippen molar-refractivity contribution < 1.29 is 0 Å². The summed E-state index contributed by atoms with van der Waals surface area (Å²) in [6, 6.07) is 10.1. The van der Waals surface area contributed by atoms with Crippen LogP contribution >= 0.6 is 20.8 Å². The van der Waals surface area contributed by atoms with E-state index in [1.54, 1.807) is 0 Å². The van der Waals surface area contributed by atoms with E-state index in [9.17, 15) is 0 Å². The molecule has 74 valence electrons. The summed E-state index contributed by atoms with van der Waals surface area (Å²) in [4.78, 5) is 0. The molecule has 0 N–H and O–H groups in total. The lowest BCUT2D eigenvalue weighted by molar-refractivity contribution is 0.776. The normalized spacial score (nSPS) is 8.85. The van der Waals surface area contributed by atoms with E-state index >= 15 is 0 Å². The molecule has 0 aliphatic rings. The molecule has 0 fully saturated rings. The monoisotopic (exact) mass is 216 g/mol. The lowest BCUT2D eigenvalue weighted by atomic mass is 10.3.